The van der Waals surface area contributed by atoms with Crippen LogP contribution in [-0.2, 0) is 0 Å². The SMILES string of the molecule is Cc1nc(-c2ccc(-c3cccnc3)cc2)cc(-c2ccc3c(c2)oc2ccccc23)n1.Cc1nc(-c2ccc(-c3cccnc3)cc2)cc(-c2cccc3c2oc2ccccc23)n1.Cc1nc(-c2cccc3oc4ccccc4c23)cc(-c2cccc3oc4ccccc4c23)n1.Cc1nc(-c2cccnc2)cc(-c2cccc3oc4ccccc4c23)n1. The largest absolute Gasteiger partial charge is 0.456 e. The van der Waals surface area contributed by atoms with E-state index in [0.29, 0.717) is 0 Å². The molecule has 0 N–H and O–H groups in total. The van der Waals surface area contributed by atoms with Crippen molar-refractivity contribution in [3.8, 4) is 112 Å². The van der Waals surface area contributed by atoms with Crippen molar-refractivity contribution in [1.82, 2.24) is 54.8 Å². The maximum atomic E-state index is 6.22. The van der Waals surface area contributed by atoms with Gasteiger partial charge < -0.3 is 22.1 Å². The summed E-state index contributed by atoms with van der Waals surface area (Å²) in [4.78, 5) is 50.3. The highest BCUT2D eigenvalue weighted by molar-refractivity contribution is 6.16. The number of rotatable bonds is 10. The fraction of sp³-hybridized carbons (Fsp3) is 0.0374. The molecule has 12 heterocycles. The molecule has 0 aliphatic carbocycles. The second-order valence-corrected chi connectivity index (χ2v) is 30.0. The van der Waals surface area contributed by atoms with Gasteiger partial charge in [-0.15, -0.1) is 0 Å². The zero-order chi connectivity index (χ0) is 82.4. The van der Waals surface area contributed by atoms with Crippen molar-refractivity contribution in [2.45, 2.75) is 27.7 Å². The van der Waals surface area contributed by atoms with E-state index in [-0.39, 0.29) is 0 Å². The van der Waals surface area contributed by atoms with Gasteiger partial charge >= 0.3 is 0 Å². The van der Waals surface area contributed by atoms with Gasteiger partial charge in [-0.1, -0.05) is 206 Å². The van der Waals surface area contributed by atoms with Crippen molar-refractivity contribution in [2.24, 2.45) is 0 Å². The van der Waals surface area contributed by atoms with E-state index in [2.05, 4.69) is 177 Å². The average molecular weight is 1590 g/mol. The molecule has 16 nitrogen and oxygen atoms in total. The van der Waals surface area contributed by atoms with Gasteiger partial charge in [-0.2, -0.15) is 0 Å². The summed E-state index contributed by atoms with van der Waals surface area (Å²) in [6.45, 7) is 7.71. The Morgan fingerprint density at radius 3 is 0.894 bits per heavy atom. The molecule has 0 radical (unpaired) electrons. The van der Waals surface area contributed by atoms with E-state index < -0.39 is 0 Å². The van der Waals surface area contributed by atoms with Crippen LogP contribution in [0.15, 0.2) is 381 Å². The highest BCUT2D eigenvalue weighted by Gasteiger charge is 2.22. The highest BCUT2D eigenvalue weighted by atomic mass is 16.3. The van der Waals surface area contributed by atoms with Crippen LogP contribution in [0.3, 0.4) is 0 Å². The Labute approximate surface area is 704 Å². The number of aryl methyl sites for hydroxylation is 4. The minimum atomic E-state index is 0.720. The standard InChI is InChI=1S/C29H18N2O2.2C28H19N3O.C22H15N3O/c1-17-30-22(18-10-6-14-26-28(18)20-8-2-4-12-24(20)32-26)16-23(31-17)19-11-7-15-27-29(19)21-9-3-5-13-25(21)33-27;1-18-30-25(20-13-11-19(12-14-20)21-6-5-15-29-17-21)16-26(31-18)24-9-4-8-23-22-7-2-3-10-27(22)32-28(23)24;1-18-30-25(20-10-8-19(9-11-20)22-5-4-14-29-17-22)16-26(31-18)21-12-13-24-23-6-2-3-7-27(23)32-28(24)15-21;1-14-24-18(15-6-5-11-23-13-15)12-19(25-14)16-8-4-10-21-22(16)17-7-2-3-9-20(17)26-21/h2-16H,1H3;2*2-17H,1H3;2-13H,1H3. The first-order chi connectivity index (χ1) is 60.6. The number of pyridine rings is 3. The second-order valence-electron chi connectivity index (χ2n) is 30.0. The molecular weight excluding hydrogens is 1520 g/mol. The molecule has 0 saturated carbocycles. The summed E-state index contributed by atoms with van der Waals surface area (Å²) in [5.41, 5.74) is 28.3. The van der Waals surface area contributed by atoms with Gasteiger partial charge in [0.25, 0.3) is 0 Å². The molecule has 0 aliphatic rings. The Kier molecular flexibility index (Phi) is 19.1. The van der Waals surface area contributed by atoms with Crippen LogP contribution < -0.4 is 0 Å². The summed E-state index contributed by atoms with van der Waals surface area (Å²) >= 11 is 0. The van der Waals surface area contributed by atoms with E-state index >= 15 is 0 Å². The van der Waals surface area contributed by atoms with Gasteiger partial charge in [-0.05, 0) is 165 Å². The number of nitrogens with zero attached hydrogens (tertiary/aromatic N) is 11. The molecule has 0 atom stereocenters. The smallest absolute Gasteiger partial charge is 0.144 e. The van der Waals surface area contributed by atoms with Crippen LogP contribution in [0, 0.1) is 27.7 Å². The van der Waals surface area contributed by atoms with Crippen LogP contribution in [0.5, 0.6) is 0 Å². The quantitative estimate of drug-likeness (QED) is 0.125. The van der Waals surface area contributed by atoms with Crippen molar-refractivity contribution in [2.75, 3.05) is 0 Å². The molecule has 0 aliphatic heterocycles. The van der Waals surface area contributed by atoms with Crippen LogP contribution in [0.4, 0.5) is 0 Å². The van der Waals surface area contributed by atoms with Crippen molar-refractivity contribution >= 4 is 110 Å². The molecule has 0 spiro atoms. The van der Waals surface area contributed by atoms with Crippen molar-refractivity contribution in [3.05, 3.63) is 382 Å². The molecule has 12 aromatic heterocycles. The number of hydrogen-bond acceptors (Lipinski definition) is 16. The van der Waals surface area contributed by atoms with E-state index in [4.69, 9.17) is 52.0 Å². The fourth-order valence-electron chi connectivity index (χ4n) is 16.5. The monoisotopic (exact) mass is 1590 g/mol. The lowest BCUT2D eigenvalue weighted by molar-refractivity contribution is 0.668. The molecule has 0 fully saturated rings. The Hall–Kier alpha value is -16.6. The van der Waals surface area contributed by atoms with Crippen LogP contribution in [0.1, 0.15) is 23.3 Å². The van der Waals surface area contributed by atoms with Gasteiger partial charge in [0, 0.05) is 136 Å². The summed E-state index contributed by atoms with van der Waals surface area (Å²) in [6.07, 6.45) is 10.9. The van der Waals surface area contributed by atoms with E-state index in [9.17, 15) is 0 Å². The topological polar surface area (TPSA) is 207 Å². The summed E-state index contributed by atoms with van der Waals surface area (Å²) in [7, 11) is 0. The highest BCUT2D eigenvalue weighted by Crippen LogP contribution is 2.43. The molecule has 16 heteroatoms. The van der Waals surface area contributed by atoms with Crippen molar-refractivity contribution in [3.63, 3.8) is 0 Å². The lowest BCUT2D eigenvalue weighted by Gasteiger charge is -2.09. The van der Waals surface area contributed by atoms with E-state index in [1.165, 1.54) is 0 Å². The number of para-hydroxylation sites is 6. The van der Waals surface area contributed by atoms with E-state index in [1.807, 2.05) is 216 Å². The van der Waals surface area contributed by atoms with Gasteiger partial charge in [-0.25, -0.2) is 39.9 Å². The minimum absolute atomic E-state index is 0.720. The average Bonchev–Trinajstić information content (AvgIpc) is 1.56. The van der Waals surface area contributed by atoms with Gasteiger partial charge in [0.05, 0.1) is 45.6 Å². The maximum Gasteiger partial charge on any atom is 0.144 e. The van der Waals surface area contributed by atoms with Gasteiger partial charge in [-0.3, -0.25) is 15.0 Å². The molecule has 0 saturated heterocycles. The van der Waals surface area contributed by atoms with Crippen LogP contribution in [0.2, 0.25) is 0 Å². The van der Waals surface area contributed by atoms with Crippen LogP contribution in [0.25, 0.3) is 222 Å². The van der Waals surface area contributed by atoms with Crippen molar-refractivity contribution in [1.29, 1.82) is 0 Å². The number of furan rings is 5. The Morgan fingerprint density at radius 1 is 0.179 bits per heavy atom. The molecule has 24 aromatic rings. The number of benzene rings is 12. The molecule has 0 bridgehead atoms. The number of aromatic nitrogens is 11. The van der Waals surface area contributed by atoms with Gasteiger partial charge in [0.2, 0.25) is 0 Å². The first-order valence-corrected chi connectivity index (χ1v) is 40.5. The molecule has 12 aromatic carbocycles. The lowest BCUT2D eigenvalue weighted by atomic mass is 10.00. The Morgan fingerprint density at radius 2 is 0.463 bits per heavy atom. The summed E-state index contributed by atoms with van der Waals surface area (Å²) in [5.74, 6) is 2.91. The Balaban J connectivity index is 0.000000101. The third kappa shape index (κ3) is 14.4. The van der Waals surface area contributed by atoms with Crippen LogP contribution in [-0.4, -0.2) is 54.8 Å². The predicted octanol–water partition coefficient (Wildman–Crippen LogP) is 27.5. The van der Waals surface area contributed by atoms with Gasteiger partial charge in [0.15, 0.2) is 0 Å². The Bertz CT molecular complexity index is 7990. The fourth-order valence-corrected chi connectivity index (χ4v) is 16.5. The maximum absolute atomic E-state index is 6.22. The van der Waals surface area contributed by atoms with Gasteiger partial charge in [0.1, 0.15) is 79.1 Å². The molecule has 123 heavy (non-hydrogen) atoms. The second kappa shape index (κ2) is 31.7. The summed E-state index contributed by atoms with van der Waals surface area (Å²) < 4.78 is 30.5. The van der Waals surface area contributed by atoms with E-state index in [1.54, 1.807) is 18.6 Å². The molecule has 24 rings (SSSR count). The van der Waals surface area contributed by atoms with E-state index in [0.717, 1.165) is 245 Å². The molecule has 584 valence electrons. The molecule has 0 amide bonds. The first kappa shape index (κ1) is 74.0. The third-order valence-corrected chi connectivity index (χ3v) is 22.1. The zero-order valence-corrected chi connectivity index (χ0v) is 67.0. The summed E-state index contributed by atoms with van der Waals surface area (Å²) in [6, 6.07) is 108. The normalized spacial score (nSPS) is 11.4. The van der Waals surface area contributed by atoms with Crippen LogP contribution >= 0.6 is 0 Å². The molecular formula is C107H71N11O5. The summed E-state index contributed by atoms with van der Waals surface area (Å²) in [5, 5.41) is 10.9. The number of hydrogen-bond donors (Lipinski definition) is 0. The van der Waals surface area contributed by atoms with Crippen molar-refractivity contribution < 1.29 is 22.1 Å². The predicted molar refractivity (Wildman–Crippen MR) is 491 cm³/mol. The lowest BCUT2D eigenvalue weighted by Crippen LogP contribution is -1.95. The first-order valence-electron chi connectivity index (χ1n) is 40.5. The number of fused-ring (bicyclic) bond motifs is 15. The molecule has 0 unspecified atom stereocenters. The minimum Gasteiger partial charge on any atom is -0.456 e. The zero-order valence-electron chi connectivity index (χ0n) is 67.0. The third-order valence-electron chi connectivity index (χ3n) is 22.1.